The fourth-order valence-corrected chi connectivity index (χ4v) is 4.57. The van der Waals surface area contributed by atoms with Crippen LogP contribution in [0.15, 0.2) is 102 Å². The van der Waals surface area contributed by atoms with Gasteiger partial charge in [-0.3, -0.25) is 14.4 Å². The van der Waals surface area contributed by atoms with Crippen molar-refractivity contribution in [1.29, 1.82) is 0 Å². The largest absolute Gasteiger partial charge is 0.493 e. The van der Waals surface area contributed by atoms with Gasteiger partial charge in [0.15, 0.2) is 23.0 Å². The fraction of sp³-hybridized carbons (Fsp3) is 0.119. The van der Waals surface area contributed by atoms with Crippen molar-refractivity contribution in [3.8, 4) is 47.7 Å². The number of carbonyl (C=O) groups excluding carboxylic acids is 3. The number of nitrogens with one attached hydrogen (secondary N) is 3. The molecule has 4 aromatic carbocycles. The number of rotatable bonds is 14. The van der Waals surface area contributed by atoms with E-state index in [-0.39, 0.29) is 35.9 Å². The summed E-state index contributed by atoms with van der Waals surface area (Å²) in [5, 5.41) is 28.3. The summed E-state index contributed by atoms with van der Waals surface area (Å²) < 4.78 is 21.2. The van der Waals surface area contributed by atoms with Gasteiger partial charge in [-0.05, 0) is 78.7 Å². The smallest absolute Gasteiger partial charge is 0.337 e. The average Bonchev–Trinajstić information content (AvgIpc) is 3.21. The number of carboxylic acids is 1. The highest BCUT2D eigenvalue weighted by molar-refractivity contribution is 6.11. The minimum Gasteiger partial charge on any atom is -0.493 e. The van der Waals surface area contributed by atoms with Crippen LogP contribution in [0.5, 0.6) is 23.0 Å². The van der Waals surface area contributed by atoms with Crippen LogP contribution in [0.2, 0.25) is 0 Å². The standard InChI is InChI=1S/C22H21N3O5.C20H17NO5/c1-4-13-30-19-11-9-16(14-20(19)29-3)10-12-21(26)24-18-8-6-5-7-17(18)22(27)23-15(2)25-28;1-3-12-26-17-10-8-14(13-18(17)25-2)9-11-19(22)21-16-7-5-4-6-15(16)20(23)24/h1,5-12,14,28H,13H2,2-3H3,(H,24,26)(H,23,25,27);1,4-11,13H,12H2,2H3,(H,21,22)(H,23,24)/b12-10+;11-9+. The number of amides is 3. The van der Waals surface area contributed by atoms with E-state index in [1.165, 1.54) is 45.4 Å². The number of aromatic carboxylic acids is 1. The third-order valence-corrected chi connectivity index (χ3v) is 7.14. The SMILES string of the molecule is C#CCOc1ccc(/C=C/C(=O)Nc2ccccc2C(=O)N/C(C)=N/O)cc1OC.C#CCOc1ccc(/C=C/C(=O)Nc2ccccc2C(=O)O)cc1OC. The van der Waals surface area contributed by atoms with Gasteiger partial charge in [0.05, 0.1) is 36.7 Å². The molecular formula is C42H38N4O10. The lowest BCUT2D eigenvalue weighted by atomic mass is 10.1. The Morgan fingerprint density at radius 3 is 1.57 bits per heavy atom. The van der Waals surface area contributed by atoms with E-state index >= 15 is 0 Å². The summed E-state index contributed by atoms with van der Waals surface area (Å²) in [5.41, 5.74) is 2.19. The lowest BCUT2D eigenvalue weighted by molar-refractivity contribution is -0.112. The van der Waals surface area contributed by atoms with Crippen LogP contribution in [0.25, 0.3) is 12.2 Å². The Kier molecular flexibility index (Phi) is 16.8. The second kappa shape index (κ2) is 22.2. The van der Waals surface area contributed by atoms with Crippen molar-refractivity contribution in [2.45, 2.75) is 6.92 Å². The zero-order chi connectivity index (χ0) is 40.9. The number of ether oxygens (including phenoxy) is 4. The van der Waals surface area contributed by atoms with Crippen LogP contribution in [-0.2, 0) is 9.59 Å². The van der Waals surface area contributed by atoms with E-state index in [1.54, 1.807) is 84.9 Å². The van der Waals surface area contributed by atoms with E-state index in [2.05, 4.69) is 32.9 Å². The molecule has 0 spiro atoms. The van der Waals surface area contributed by atoms with Crippen molar-refractivity contribution in [1.82, 2.24) is 5.32 Å². The van der Waals surface area contributed by atoms with Gasteiger partial charge in [-0.15, -0.1) is 12.8 Å². The predicted octanol–water partition coefficient (Wildman–Crippen LogP) is 5.95. The first kappa shape index (κ1) is 42.4. The molecule has 0 aliphatic rings. The zero-order valence-electron chi connectivity index (χ0n) is 30.6. The Labute approximate surface area is 323 Å². The van der Waals surface area contributed by atoms with Gasteiger partial charge in [0, 0.05) is 12.2 Å². The molecule has 0 atom stereocenters. The first-order chi connectivity index (χ1) is 27.0. The number of carbonyl (C=O) groups is 4. The summed E-state index contributed by atoms with van der Waals surface area (Å²) in [7, 11) is 3.00. The number of hydrogen-bond acceptors (Lipinski definition) is 10. The predicted molar refractivity (Wildman–Crippen MR) is 212 cm³/mol. The van der Waals surface area contributed by atoms with E-state index < -0.39 is 23.7 Å². The van der Waals surface area contributed by atoms with Crippen LogP contribution in [0.3, 0.4) is 0 Å². The number of terminal acetylenes is 2. The summed E-state index contributed by atoms with van der Waals surface area (Å²) >= 11 is 0. The van der Waals surface area contributed by atoms with Gasteiger partial charge in [-0.2, -0.15) is 0 Å². The number of para-hydroxylation sites is 2. The second-order valence-corrected chi connectivity index (χ2v) is 11.0. The lowest BCUT2D eigenvalue weighted by Crippen LogP contribution is -2.29. The van der Waals surface area contributed by atoms with Crippen LogP contribution in [0.1, 0.15) is 38.8 Å². The van der Waals surface area contributed by atoms with Gasteiger partial charge < -0.3 is 45.2 Å². The fourth-order valence-electron chi connectivity index (χ4n) is 4.57. The summed E-state index contributed by atoms with van der Waals surface area (Å²) in [6, 6.07) is 22.9. The molecule has 0 bridgehead atoms. The minimum absolute atomic E-state index is 0.0194. The molecule has 0 fully saturated rings. The molecule has 14 heteroatoms. The van der Waals surface area contributed by atoms with Crippen molar-refractivity contribution in [3.63, 3.8) is 0 Å². The highest BCUT2D eigenvalue weighted by Gasteiger charge is 2.14. The molecule has 5 N–H and O–H groups in total. The molecule has 56 heavy (non-hydrogen) atoms. The maximum Gasteiger partial charge on any atom is 0.337 e. The van der Waals surface area contributed by atoms with Gasteiger partial charge in [-0.1, -0.05) is 53.4 Å². The molecule has 14 nitrogen and oxygen atoms in total. The number of carboxylic acid groups (broad SMARTS) is 1. The van der Waals surface area contributed by atoms with Crippen LogP contribution in [0.4, 0.5) is 11.4 Å². The second-order valence-electron chi connectivity index (χ2n) is 11.0. The van der Waals surface area contributed by atoms with E-state index in [9.17, 15) is 19.2 Å². The van der Waals surface area contributed by atoms with Crippen LogP contribution in [0, 0.1) is 24.7 Å². The quantitative estimate of drug-likeness (QED) is 0.0256. The molecule has 4 aromatic rings. The summed E-state index contributed by atoms with van der Waals surface area (Å²) in [6.45, 7) is 1.67. The number of benzene rings is 4. The lowest BCUT2D eigenvalue weighted by Gasteiger charge is -2.10. The van der Waals surface area contributed by atoms with Crippen molar-refractivity contribution in [2.75, 3.05) is 38.1 Å². The molecule has 0 aliphatic carbocycles. The minimum atomic E-state index is -1.11. The normalized spacial score (nSPS) is 10.6. The first-order valence-corrected chi connectivity index (χ1v) is 16.4. The number of anilines is 2. The van der Waals surface area contributed by atoms with Crippen molar-refractivity contribution >= 4 is 53.1 Å². The number of nitrogens with zero attached hydrogens (tertiary/aromatic N) is 1. The molecule has 0 saturated carbocycles. The van der Waals surface area contributed by atoms with Crippen molar-refractivity contribution in [2.24, 2.45) is 5.16 Å². The van der Waals surface area contributed by atoms with E-state index in [1.807, 2.05) is 0 Å². The number of amidine groups is 1. The Morgan fingerprint density at radius 2 is 1.14 bits per heavy atom. The van der Waals surface area contributed by atoms with E-state index in [0.717, 1.165) is 0 Å². The van der Waals surface area contributed by atoms with Crippen LogP contribution in [-0.4, -0.2) is 67.3 Å². The molecular weight excluding hydrogens is 720 g/mol. The first-order valence-electron chi connectivity index (χ1n) is 16.4. The molecule has 0 radical (unpaired) electrons. The maximum atomic E-state index is 12.3. The highest BCUT2D eigenvalue weighted by atomic mass is 16.5. The van der Waals surface area contributed by atoms with Gasteiger partial charge in [0.1, 0.15) is 19.0 Å². The average molecular weight is 759 g/mol. The monoisotopic (exact) mass is 758 g/mol. The summed E-state index contributed by atoms with van der Waals surface area (Å²) in [4.78, 5) is 47.8. The van der Waals surface area contributed by atoms with Gasteiger partial charge in [-0.25, -0.2) is 4.79 Å². The van der Waals surface area contributed by atoms with E-state index in [4.69, 9.17) is 42.1 Å². The third kappa shape index (κ3) is 13.2. The van der Waals surface area contributed by atoms with Gasteiger partial charge in [0.25, 0.3) is 5.91 Å². The molecule has 3 amide bonds. The Bertz CT molecular complexity index is 2210. The van der Waals surface area contributed by atoms with E-state index in [0.29, 0.717) is 39.8 Å². The Morgan fingerprint density at radius 1 is 0.696 bits per heavy atom. The van der Waals surface area contributed by atoms with Crippen LogP contribution < -0.4 is 34.9 Å². The molecule has 0 aromatic heterocycles. The summed E-state index contributed by atoms with van der Waals surface area (Å²) in [6.07, 6.45) is 16.1. The van der Waals surface area contributed by atoms with Gasteiger partial charge in [0.2, 0.25) is 11.8 Å². The van der Waals surface area contributed by atoms with Crippen molar-refractivity contribution in [3.05, 3.63) is 119 Å². The number of methoxy groups -OCH3 is 2. The molecule has 0 heterocycles. The zero-order valence-corrected chi connectivity index (χ0v) is 30.6. The Balaban J connectivity index is 0.000000303. The number of oxime groups is 1. The molecule has 286 valence electrons. The maximum absolute atomic E-state index is 12.3. The molecule has 4 rings (SSSR count). The number of hydrogen-bond donors (Lipinski definition) is 5. The topological polar surface area (TPSA) is 194 Å². The molecule has 0 saturated heterocycles. The molecule has 0 unspecified atom stereocenters. The van der Waals surface area contributed by atoms with Crippen LogP contribution >= 0.6 is 0 Å². The van der Waals surface area contributed by atoms with Crippen molar-refractivity contribution < 1.29 is 48.4 Å². The highest BCUT2D eigenvalue weighted by Crippen LogP contribution is 2.29. The van der Waals surface area contributed by atoms with Gasteiger partial charge >= 0.3 is 5.97 Å². The molecule has 0 aliphatic heterocycles. The summed E-state index contributed by atoms with van der Waals surface area (Å²) in [5.74, 6) is 4.23. The Hall–Kier alpha value is -7.97. The third-order valence-electron chi connectivity index (χ3n) is 7.14.